The lowest BCUT2D eigenvalue weighted by molar-refractivity contribution is -0.0506. The van der Waals surface area contributed by atoms with Crippen LogP contribution in [0.25, 0.3) is 0 Å². The molecular weight excluding hydrogens is 160 g/mol. The van der Waals surface area contributed by atoms with Crippen LogP contribution in [0.3, 0.4) is 0 Å². The van der Waals surface area contributed by atoms with Crippen molar-refractivity contribution in [2.45, 2.75) is 37.9 Å². The van der Waals surface area contributed by atoms with Crippen molar-refractivity contribution in [2.75, 3.05) is 13.2 Å². The van der Waals surface area contributed by atoms with E-state index in [9.17, 15) is 0 Å². The summed E-state index contributed by atoms with van der Waals surface area (Å²) < 4.78 is 15.7. The van der Waals surface area contributed by atoms with Gasteiger partial charge in [0.2, 0.25) is 0 Å². The van der Waals surface area contributed by atoms with Gasteiger partial charge in [-0.3, -0.25) is 0 Å². The molecule has 0 spiro atoms. The van der Waals surface area contributed by atoms with E-state index in [1.165, 1.54) is 0 Å². The molecule has 70 valence electrons. The van der Waals surface area contributed by atoms with Crippen LogP contribution in [0.4, 0.5) is 0 Å². The molecule has 1 N–H and O–H groups in total. The van der Waals surface area contributed by atoms with Crippen molar-refractivity contribution >= 4 is 0 Å². The maximum atomic E-state index is 9.13. The first-order chi connectivity index (χ1) is 5.77. The topological polar surface area (TPSA) is 51.2 Å². The van der Waals surface area contributed by atoms with E-state index in [-0.39, 0.29) is 24.6 Å². The Kier molecular flexibility index (Phi) is 2.32. The molecule has 4 heteroatoms. The van der Waals surface area contributed by atoms with Crippen LogP contribution < -0.4 is 0 Å². The van der Waals surface area contributed by atoms with Gasteiger partial charge in [0.15, 0.2) is 6.29 Å². The van der Waals surface area contributed by atoms with Gasteiger partial charge >= 0.3 is 0 Å². The second-order valence-corrected chi connectivity index (χ2v) is 3.29. The van der Waals surface area contributed by atoms with Crippen molar-refractivity contribution in [1.82, 2.24) is 0 Å². The second-order valence-electron chi connectivity index (χ2n) is 3.29. The van der Waals surface area contributed by atoms with Gasteiger partial charge in [-0.25, -0.2) is 0 Å². The van der Waals surface area contributed by atoms with Crippen LogP contribution in [0, 0.1) is 0 Å². The SMILES string of the molecule is CC(O)C1OC1CC1OCCO1. The fraction of sp³-hybridized carbons (Fsp3) is 1.00. The van der Waals surface area contributed by atoms with Crippen molar-refractivity contribution in [3.63, 3.8) is 0 Å². The molecule has 0 amide bonds. The van der Waals surface area contributed by atoms with Crippen molar-refractivity contribution < 1.29 is 19.3 Å². The average molecular weight is 174 g/mol. The number of rotatable bonds is 3. The van der Waals surface area contributed by atoms with Crippen molar-refractivity contribution in [1.29, 1.82) is 0 Å². The molecule has 0 radical (unpaired) electrons. The predicted octanol–water partition coefficient (Wildman–Crippen LogP) is -0.102. The first kappa shape index (κ1) is 8.44. The van der Waals surface area contributed by atoms with E-state index in [1.807, 2.05) is 0 Å². The predicted molar refractivity (Wildman–Crippen MR) is 40.7 cm³/mol. The first-order valence-corrected chi connectivity index (χ1v) is 4.34. The summed E-state index contributed by atoms with van der Waals surface area (Å²) in [6.45, 7) is 3.09. The molecule has 2 fully saturated rings. The standard InChI is InChI=1S/C8H14O4/c1-5(9)8-6(12-8)4-7-10-2-3-11-7/h5-9H,2-4H2,1H3. The Morgan fingerprint density at radius 1 is 1.42 bits per heavy atom. The van der Waals surface area contributed by atoms with Gasteiger partial charge in [0, 0.05) is 6.42 Å². The molecule has 2 aliphatic rings. The molecular formula is C8H14O4. The molecule has 2 rings (SSSR count). The third kappa shape index (κ3) is 1.77. The zero-order chi connectivity index (χ0) is 8.55. The Morgan fingerprint density at radius 2 is 2.08 bits per heavy atom. The van der Waals surface area contributed by atoms with Crippen LogP contribution >= 0.6 is 0 Å². The fourth-order valence-electron chi connectivity index (χ4n) is 1.50. The second kappa shape index (κ2) is 3.30. The summed E-state index contributed by atoms with van der Waals surface area (Å²) >= 11 is 0. The maximum Gasteiger partial charge on any atom is 0.160 e. The summed E-state index contributed by atoms with van der Waals surface area (Å²) in [5.41, 5.74) is 0. The van der Waals surface area contributed by atoms with Crippen molar-refractivity contribution in [3.05, 3.63) is 0 Å². The summed E-state index contributed by atoms with van der Waals surface area (Å²) in [4.78, 5) is 0. The minimum Gasteiger partial charge on any atom is -0.391 e. The summed E-state index contributed by atoms with van der Waals surface area (Å²) in [6.07, 6.45) is 0.385. The summed E-state index contributed by atoms with van der Waals surface area (Å²) in [5.74, 6) is 0. The molecule has 4 nitrogen and oxygen atoms in total. The molecule has 3 atom stereocenters. The molecule has 12 heavy (non-hydrogen) atoms. The molecule has 2 saturated heterocycles. The molecule has 0 aromatic heterocycles. The monoisotopic (exact) mass is 174 g/mol. The number of aliphatic hydroxyl groups excluding tert-OH is 1. The van der Waals surface area contributed by atoms with Gasteiger partial charge in [-0.05, 0) is 6.92 Å². The molecule has 0 aromatic rings. The molecule has 0 saturated carbocycles. The molecule has 2 heterocycles. The van der Waals surface area contributed by atoms with Crippen LogP contribution in [0.15, 0.2) is 0 Å². The van der Waals surface area contributed by atoms with Crippen LogP contribution in [0.2, 0.25) is 0 Å². The number of ether oxygens (including phenoxy) is 3. The van der Waals surface area contributed by atoms with Crippen LogP contribution in [0.5, 0.6) is 0 Å². The molecule has 2 aliphatic heterocycles. The number of hydrogen-bond acceptors (Lipinski definition) is 4. The number of epoxide rings is 1. The van der Waals surface area contributed by atoms with Gasteiger partial charge in [-0.1, -0.05) is 0 Å². The van der Waals surface area contributed by atoms with Gasteiger partial charge in [0.25, 0.3) is 0 Å². The minimum absolute atomic E-state index is 0.00204. The van der Waals surface area contributed by atoms with Crippen molar-refractivity contribution in [2.24, 2.45) is 0 Å². The Balaban J connectivity index is 1.68. The van der Waals surface area contributed by atoms with E-state index in [2.05, 4.69) is 0 Å². The van der Waals surface area contributed by atoms with E-state index < -0.39 is 0 Å². The van der Waals surface area contributed by atoms with Gasteiger partial charge in [-0.2, -0.15) is 0 Å². The third-order valence-corrected chi connectivity index (χ3v) is 2.21. The zero-order valence-corrected chi connectivity index (χ0v) is 7.10. The number of hydrogen-bond donors (Lipinski definition) is 1. The van der Waals surface area contributed by atoms with Gasteiger partial charge in [0.05, 0.1) is 25.4 Å². The van der Waals surface area contributed by atoms with E-state index >= 15 is 0 Å². The van der Waals surface area contributed by atoms with E-state index in [0.29, 0.717) is 13.2 Å². The Hall–Kier alpha value is -0.160. The maximum absolute atomic E-state index is 9.13. The Labute approximate surface area is 71.4 Å². The first-order valence-electron chi connectivity index (χ1n) is 4.34. The highest BCUT2D eigenvalue weighted by Gasteiger charge is 2.44. The Bertz CT molecular complexity index is 153. The highest BCUT2D eigenvalue weighted by molar-refractivity contribution is 4.89. The zero-order valence-electron chi connectivity index (χ0n) is 7.10. The smallest absolute Gasteiger partial charge is 0.160 e. The average Bonchev–Trinajstić information content (AvgIpc) is 2.57. The van der Waals surface area contributed by atoms with Crippen molar-refractivity contribution in [3.8, 4) is 0 Å². The quantitative estimate of drug-likeness (QED) is 0.607. The van der Waals surface area contributed by atoms with Crippen LogP contribution in [0.1, 0.15) is 13.3 Å². The summed E-state index contributed by atoms with van der Waals surface area (Å²) in [6, 6.07) is 0. The normalized spacial score (nSPS) is 38.5. The third-order valence-electron chi connectivity index (χ3n) is 2.21. The van der Waals surface area contributed by atoms with Gasteiger partial charge in [0.1, 0.15) is 6.10 Å². The molecule has 0 aromatic carbocycles. The van der Waals surface area contributed by atoms with Gasteiger partial charge in [-0.15, -0.1) is 0 Å². The summed E-state index contributed by atoms with van der Waals surface area (Å²) in [5, 5.41) is 9.13. The molecule has 0 aliphatic carbocycles. The summed E-state index contributed by atoms with van der Waals surface area (Å²) in [7, 11) is 0. The van der Waals surface area contributed by atoms with E-state index in [4.69, 9.17) is 19.3 Å². The minimum atomic E-state index is -0.378. The lowest BCUT2D eigenvalue weighted by Gasteiger charge is -2.05. The lowest BCUT2D eigenvalue weighted by Crippen LogP contribution is -2.16. The molecule has 3 unspecified atom stereocenters. The number of aliphatic hydroxyl groups is 1. The fourth-order valence-corrected chi connectivity index (χ4v) is 1.50. The van der Waals surface area contributed by atoms with E-state index in [1.54, 1.807) is 6.92 Å². The van der Waals surface area contributed by atoms with Crippen LogP contribution in [-0.4, -0.2) is 42.9 Å². The van der Waals surface area contributed by atoms with Gasteiger partial charge < -0.3 is 19.3 Å². The highest BCUT2D eigenvalue weighted by atomic mass is 16.7. The van der Waals surface area contributed by atoms with Crippen LogP contribution in [-0.2, 0) is 14.2 Å². The van der Waals surface area contributed by atoms with E-state index in [0.717, 1.165) is 6.42 Å². The largest absolute Gasteiger partial charge is 0.391 e. The lowest BCUT2D eigenvalue weighted by atomic mass is 10.2. The molecule has 0 bridgehead atoms. The Morgan fingerprint density at radius 3 is 2.58 bits per heavy atom. The highest BCUT2D eigenvalue weighted by Crippen LogP contribution is 2.31.